The quantitative estimate of drug-likeness (QED) is 0.547. The second kappa shape index (κ2) is 6.60. The van der Waals surface area contributed by atoms with Crippen LogP contribution in [0.4, 0.5) is 11.5 Å². The van der Waals surface area contributed by atoms with Crippen LogP contribution in [0.15, 0.2) is 35.1 Å². The van der Waals surface area contributed by atoms with Crippen LogP contribution in [0.1, 0.15) is 12.7 Å². The predicted octanol–water partition coefficient (Wildman–Crippen LogP) is 1.41. The van der Waals surface area contributed by atoms with Crippen LogP contribution in [0.2, 0.25) is 0 Å². The molecule has 0 atom stereocenters. The Balaban J connectivity index is 1.84. The molecule has 6 nitrogen and oxygen atoms in total. The first kappa shape index (κ1) is 13.9. The number of hydrogen-bond acceptors (Lipinski definition) is 5. The van der Waals surface area contributed by atoms with Gasteiger partial charge in [0.2, 0.25) is 0 Å². The van der Waals surface area contributed by atoms with Crippen LogP contribution in [0.25, 0.3) is 0 Å². The summed E-state index contributed by atoms with van der Waals surface area (Å²) in [5.41, 5.74) is 6.17. The van der Waals surface area contributed by atoms with Gasteiger partial charge in [-0.2, -0.15) is 0 Å². The third-order valence-corrected chi connectivity index (χ3v) is 2.66. The van der Waals surface area contributed by atoms with E-state index in [1.165, 1.54) is 6.07 Å². The number of aromatic nitrogens is 2. The number of aromatic amines is 1. The third-order valence-electron chi connectivity index (χ3n) is 2.66. The number of rotatable bonds is 6. The summed E-state index contributed by atoms with van der Waals surface area (Å²) in [5.74, 6) is 1.94. The van der Waals surface area contributed by atoms with Crippen LogP contribution >= 0.6 is 0 Å². The molecule has 0 aliphatic rings. The highest BCUT2D eigenvalue weighted by molar-refractivity contribution is 5.43. The fraction of sp³-hybridized carbons (Fsp3) is 0.286. The molecule has 2 rings (SSSR count). The summed E-state index contributed by atoms with van der Waals surface area (Å²) in [6.45, 7) is 2.94. The number of H-pyrrole nitrogens is 1. The topological polar surface area (TPSA) is 93.0 Å². The monoisotopic (exact) mass is 274 g/mol. The minimum Gasteiger partial charge on any atom is -0.492 e. The summed E-state index contributed by atoms with van der Waals surface area (Å²) in [6.07, 6.45) is 0.685. The van der Waals surface area contributed by atoms with Gasteiger partial charge in [0.15, 0.2) is 0 Å². The first-order valence-corrected chi connectivity index (χ1v) is 6.50. The fourth-order valence-electron chi connectivity index (χ4n) is 1.72. The lowest BCUT2D eigenvalue weighted by Gasteiger charge is -2.09. The van der Waals surface area contributed by atoms with Gasteiger partial charge in [-0.1, -0.05) is 13.0 Å². The SMILES string of the molecule is CCc1nc(NCCOc2cccc(N)c2)cc(=O)[nH]1. The number of nitrogens with one attached hydrogen (secondary N) is 2. The minimum absolute atomic E-state index is 0.156. The van der Waals surface area contributed by atoms with Gasteiger partial charge in [-0.05, 0) is 12.1 Å². The molecule has 0 unspecified atom stereocenters. The van der Waals surface area contributed by atoms with Gasteiger partial charge in [-0.25, -0.2) is 4.98 Å². The van der Waals surface area contributed by atoms with Gasteiger partial charge in [-0.3, -0.25) is 4.79 Å². The highest BCUT2D eigenvalue weighted by Gasteiger charge is 1.99. The zero-order chi connectivity index (χ0) is 14.4. The Bertz CT molecular complexity index is 625. The number of anilines is 2. The smallest absolute Gasteiger partial charge is 0.252 e. The molecule has 1 aromatic carbocycles. The molecule has 0 aliphatic carbocycles. The number of aryl methyl sites for hydroxylation is 1. The van der Waals surface area contributed by atoms with E-state index < -0.39 is 0 Å². The molecule has 4 N–H and O–H groups in total. The predicted molar refractivity (Wildman–Crippen MR) is 79.1 cm³/mol. The summed E-state index contributed by atoms with van der Waals surface area (Å²) in [5, 5.41) is 3.06. The van der Waals surface area contributed by atoms with Gasteiger partial charge >= 0.3 is 0 Å². The summed E-state index contributed by atoms with van der Waals surface area (Å²) in [7, 11) is 0. The summed E-state index contributed by atoms with van der Waals surface area (Å²) in [4.78, 5) is 18.3. The van der Waals surface area contributed by atoms with E-state index in [1.54, 1.807) is 12.1 Å². The van der Waals surface area contributed by atoms with E-state index >= 15 is 0 Å². The Labute approximate surface area is 117 Å². The zero-order valence-corrected chi connectivity index (χ0v) is 11.3. The standard InChI is InChI=1S/C14H18N4O2/c1-2-12-17-13(9-14(19)18-12)16-6-7-20-11-5-3-4-10(15)8-11/h3-5,8-9H,2,6-7,15H2,1H3,(H2,16,17,18,19). The molecule has 2 aromatic rings. The molecular formula is C14H18N4O2. The van der Waals surface area contributed by atoms with Crippen LogP contribution in [0, 0.1) is 0 Å². The molecule has 6 heteroatoms. The normalized spacial score (nSPS) is 10.2. The number of nitrogen functional groups attached to an aromatic ring is 1. The maximum atomic E-state index is 11.4. The molecule has 0 amide bonds. The third kappa shape index (κ3) is 4.01. The highest BCUT2D eigenvalue weighted by Crippen LogP contribution is 2.14. The average molecular weight is 274 g/mol. The Kier molecular flexibility index (Phi) is 4.60. The number of ether oxygens (including phenoxy) is 1. The molecule has 0 aliphatic heterocycles. The first-order valence-electron chi connectivity index (χ1n) is 6.50. The second-order valence-electron chi connectivity index (χ2n) is 4.28. The fourth-order valence-corrected chi connectivity index (χ4v) is 1.72. The lowest BCUT2D eigenvalue weighted by Crippen LogP contribution is -2.17. The van der Waals surface area contributed by atoms with Crippen molar-refractivity contribution in [1.29, 1.82) is 0 Å². The van der Waals surface area contributed by atoms with Gasteiger partial charge in [0, 0.05) is 24.2 Å². The molecule has 0 saturated heterocycles. The molecule has 0 bridgehead atoms. The van der Waals surface area contributed by atoms with Gasteiger partial charge < -0.3 is 20.8 Å². The molecule has 1 aromatic heterocycles. The summed E-state index contributed by atoms with van der Waals surface area (Å²) < 4.78 is 5.54. The highest BCUT2D eigenvalue weighted by atomic mass is 16.5. The number of benzene rings is 1. The average Bonchev–Trinajstić information content (AvgIpc) is 2.43. The van der Waals surface area contributed by atoms with E-state index in [1.807, 2.05) is 19.1 Å². The van der Waals surface area contributed by atoms with Crippen LogP contribution in [0.5, 0.6) is 5.75 Å². The van der Waals surface area contributed by atoms with Crippen molar-refractivity contribution in [3.63, 3.8) is 0 Å². The Morgan fingerprint density at radius 2 is 2.25 bits per heavy atom. The molecule has 0 fully saturated rings. The summed E-state index contributed by atoms with van der Waals surface area (Å²) in [6, 6.07) is 8.68. The van der Waals surface area contributed by atoms with Crippen LogP contribution < -0.4 is 21.3 Å². The lowest BCUT2D eigenvalue weighted by atomic mass is 10.3. The first-order chi connectivity index (χ1) is 9.67. The van der Waals surface area contributed by atoms with Crippen molar-refractivity contribution in [3.8, 4) is 5.75 Å². The Morgan fingerprint density at radius 3 is 3.00 bits per heavy atom. The van der Waals surface area contributed by atoms with Crippen LogP contribution in [0.3, 0.4) is 0 Å². The van der Waals surface area contributed by atoms with Gasteiger partial charge in [0.05, 0.1) is 6.54 Å². The number of hydrogen-bond donors (Lipinski definition) is 3. The van der Waals surface area contributed by atoms with Gasteiger partial charge in [0.1, 0.15) is 24.0 Å². The second-order valence-corrected chi connectivity index (χ2v) is 4.28. The van der Waals surface area contributed by atoms with E-state index in [0.29, 0.717) is 36.9 Å². The summed E-state index contributed by atoms with van der Waals surface area (Å²) >= 11 is 0. The number of nitrogens with two attached hydrogens (primary N) is 1. The van der Waals surface area contributed by atoms with Crippen molar-refractivity contribution in [2.75, 3.05) is 24.2 Å². The lowest BCUT2D eigenvalue weighted by molar-refractivity contribution is 0.333. The minimum atomic E-state index is -0.156. The number of nitrogens with zero attached hydrogens (tertiary/aromatic N) is 1. The molecule has 0 saturated carbocycles. The van der Waals surface area contributed by atoms with Crippen molar-refractivity contribution in [1.82, 2.24) is 9.97 Å². The largest absolute Gasteiger partial charge is 0.492 e. The zero-order valence-electron chi connectivity index (χ0n) is 11.3. The van der Waals surface area contributed by atoms with Crippen molar-refractivity contribution < 1.29 is 4.74 Å². The molecule has 20 heavy (non-hydrogen) atoms. The van der Waals surface area contributed by atoms with Crippen molar-refractivity contribution in [2.24, 2.45) is 0 Å². The molecule has 0 spiro atoms. The molecule has 0 radical (unpaired) electrons. The maximum Gasteiger partial charge on any atom is 0.252 e. The van der Waals surface area contributed by atoms with Crippen LogP contribution in [-0.4, -0.2) is 23.1 Å². The van der Waals surface area contributed by atoms with E-state index in [9.17, 15) is 4.79 Å². The van der Waals surface area contributed by atoms with Crippen molar-refractivity contribution >= 4 is 11.5 Å². The van der Waals surface area contributed by atoms with E-state index in [2.05, 4.69) is 15.3 Å². The van der Waals surface area contributed by atoms with Crippen molar-refractivity contribution in [2.45, 2.75) is 13.3 Å². The molecule has 1 heterocycles. The molecule has 106 valence electrons. The maximum absolute atomic E-state index is 11.4. The van der Waals surface area contributed by atoms with Gasteiger partial charge in [0.25, 0.3) is 5.56 Å². The Morgan fingerprint density at radius 1 is 1.40 bits per heavy atom. The van der Waals surface area contributed by atoms with Gasteiger partial charge in [-0.15, -0.1) is 0 Å². The van der Waals surface area contributed by atoms with E-state index in [0.717, 1.165) is 5.75 Å². The van der Waals surface area contributed by atoms with E-state index in [4.69, 9.17) is 10.5 Å². The molecular weight excluding hydrogens is 256 g/mol. The van der Waals surface area contributed by atoms with Crippen molar-refractivity contribution in [3.05, 3.63) is 46.5 Å². The Hall–Kier alpha value is -2.50. The van der Waals surface area contributed by atoms with Crippen LogP contribution in [-0.2, 0) is 6.42 Å². The van der Waals surface area contributed by atoms with E-state index in [-0.39, 0.29) is 5.56 Å².